The Labute approximate surface area is 148 Å². The van der Waals surface area contributed by atoms with Gasteiger partial charge < -0.3 is 18.9 Å². The van der Waals surface area contributed by atoms with Crippen molar-refractivity contribution in [3.63, 3.8) is 0 Å². The van der Waals surface area contributed by atoms with Gasteiger partial charge in [-0.2, -0.15) is 0 Å². The summed E-state index contributed by atoms with van der Waals surface area (Å²) < 4.78 is 12.9. The van der Waals surface area contributed by atoms with Gasteiger partial charge in [0, 0.05) is 32.1 Å². The van der Waals surface area contributed by atoms with Crippen LogP contribution in [-0.2, 0) is 7.05 Å². The molecule has 0 bridgehead atoms. The number of amides is 1. The van der Waals surface area contributed by atoms with E-state index in [1.807, 2.05) is 43.1 Å². The molecule has 1 atom stereocenters. The van der Waals surface area contributed by atoms with Crippen molar-refractivity contribution in [1.29, 1.82) is 0 Å². The minimum Gasteiger partial charge on any atom is -0.497 e. The third kappa shape index (κ3) is 3.95. The van der Waals surface area contributed by atoms with Gasteiger partial charge in [0.1, 0.15) is 17.2 Å². The van der Waals surface area contributed by atoms with Crippen LogP contribution in [-0.4, -0.2) is 47.2 Å². The third-order valence-electron chi connectivity index (χ3n) is 4.66. The van der Waals surface area contributed by atoms with E-state index in [-0.39, 0.29) is 5.91 Å². The molecule has 0 N–H and O–H groups in total. The smallest absolute Gasteiger partial charge is 0.272 e. The van der Waals surface area contributed by atoms with Crippen LogP contribution in [0.5, 0.6) is 11.5 Å². The third-order valence-corrected chi connectivity index (χ3v) is 4.66. The Kier molecular flexibility index (Phi) is 5.26. The van der Waals surface area contributed by atoms with Crippen LogP contribution in [0.2, 0.25) is 0 Å². The van der Waals surface area contributed by atoms with Crippen molar-refractivity contribution in [3.8, 4) is 11.5 Å². The molecule has 6 heteroatoms. The molecule has 1 aliphatic heterocycles. The summed E-state index contributed by atoms with van der Waals surface area (Å²) in [5, 5.41) is 0. The number of carbonyl (C=O) groups excluding carboxylic acids is 1. The average molecular weight is 343 g/mol. The topological polar surface area (TPSA) is 56.6 Å². The first-order chi connectivity index (χ1) is 12.1. The molecule has 2 heterocycles. The molecule has 1 saturated heterocycles. The maximum atomic E-state index is 12.8. The normalized spacial score (nSPS) is 17.4. The van der Waals surface area contributed by atoms with Crippen molar-refractivity contribution in [2.75, 3.05) is 26.8 Å². The number of aryl methyl sites for hydroxylation is 2. The van der Waals surface area contributed by atoms with Crippen molar-refractivity contribution in [1.82, 2.24) is 14.5 Å². The van der Waals surface area contributed by atoms with Gasteiger partial charge in [0.25, 0.3) is 5.91 Å². The van der Waals surface area contributed by atoms with Gasteiger partial charge in [0.05, 0.1) is 25.7 Å². The van der Waals surface area contributed by atoms with Gasteiger partial charge in [0.15, 0.2) is 0 Å². The molecule has 25 heavy (non-hydrogen) atoms. The summed E-state index contributed by atoms with van der Waals surface area (Å²) >= 11 is 0. The molecule has 1 aromatic carbocycles. The predicted molar refractivity (Wildman–Crippen MR) is 95.1 cm³/mol. The SMILES string of the molecule is COc1cccc(OC[C@@H]2CCCN(C(=O)c3c(C)ncn3C)C2)c1. The summed E-state index contributed by atoms with van der Waals surface area (Å²) in [6, 6.07) is 7.61. The lowest BCUT2D eigenvalue weighted by Crippen LogP contribution is -2.42. The Morgan fingerprint density at radius 2 is 2.16 bits per heavy atom. The van der Waals surface area contributed by atoms with Crippen molar-refractivity contribution in [2.24, 2.45) is 13.0 Å². The van der Waals surface area contributed by atoms with Crippen LogP contribution in [0.25, 0.3) is 0 Å². The van der Waals surface area contributed by atoms with Crippen molar-refractivity contribution in [3.05, 3.63) is 42.0 Å². The highest BCUT2D eigenvalue weighted by Gasteiger charge is 2.27. The van der Waals surface area contributed by atoms with E-state index in [1.54, 1.807) is 18.0 Å². The highest BCUT2D eigenvalue weighted by atomic mass is 16.5. The number of carbonyl (C=O) groups is 1. The van der Waals surface area contributed by atoms with Crippen LogP contribution in [0.4, 0.5) is 0 Å². The lowest BCUT2D eigenvalue weighted by Gasteiger charge is -2.32. The maximum absolute atomic E-state index is 12.8. The van der Waals surface area contributed by atoms with Crippen LogP contribution in [0.3, 0.4) is 0 Å². The molecule has 134 valence electrons. The second kappa shape index (κ2) is 7.59. The lowest BCUT2D eigenvalue weighted by atomic mass is 9.98. The fourth-order valence-electron chi connectivity index (χ4n) is 3.29. The molecule has 1 amide bonds. The average Bonchev–Trinajstić information content (AvgIpc) is 2.98. The highest BCUT2D eigenvalue weighted by molar-refractivity contribution is 5.93. The molecular weight excluding hydrogens is 318 g/mol. The lowest BCUT2D eigenvalue weighted by molar-refractivity contribution is 0.0623. The summed E-state index contributed by atoms with van der Waals surface area (Å²) in [6.45, 7) is 3.98. The van der Waals surface area contributed by atoms with Crippen LogP contribution < -0.4 is 9.47 Å². The molecule has 6 nitrogen and oxygen atoms in total. The fourth-order valence-corrected chi connectivity index (χ4v) is 3.29. The number of benzene rings is 1. The zero-order valence-electron chi connectivity index (χ0n) is 15.1. The van der Waals surface area contributed by atoms with Gasteiger partial charge in [-0.15, -0.1) is 0 Å². The Hall–Kier alpha value is -2.50. The molecule has 0 radical (unpaired) electrons. The number of rotatable bonds is 5. The highest BCUT2D eigenvalue weighted by Crippen LogP contribution is 2.23. The van der Waals surface area contributed by atoms with Crippen molar-refractivity contribution in [2.45, 2.75) is 19.8 Å². The molecule has 0 spiro atoms. The summed E-state index contributed by atoms with van der Waals surface area (Å²) in [6.07, 6.45) is 3.75. The Morgan fingerprint density at radius 3 is 2.88 bits per heavy atom. The van der Waals surface area contributed by atoms with Gasteiger partial charge in [-0.25, -0.2) is 4.98 Å². The minimum absolute atomic E-state index is 0.0589. The van der Waals surface area contributed by atoms with Crippen LogP contribution in [0.1, 0.15) is 29.0 Å². The first kappa shape index (κ1) is 17.3. The van der Waals surface area contributed by atoms with E-state index < -0.39 is 0 Å². The van der Waals surface area contributed by atoms with Crippen LogP contribution >= 0.6 is 0 Å². The Balaban J connectivity index is 1.60. The molecule has 0 saturated carbocycles. The van der Waals surface area contributed by atoms with Gasteiger partial charge in [-0.1, -0.05) is 6.07 Å². The quantitative estimate of drug-likeness (QED) is 0.837. The van der Waals surface area contributed by atoms with Gasteiger partial charge >= 0.3 is 0 Å². The predicted octanol–water partition coefficient (Wildman–Crippen LogP) is 2.67. The van der Waals surface area contributed by atoms with E-state index in [0.717, 1.165) is 36.6 Å². The number of hydrogen-bond acceptors (Lipinski definition) is 4. The van der Waals surface area contributed by atoms with Crippen molar-refractivity contribution < 1.29 is 14.3 Å². The van der Waals surface area contributed by atoms with Crippen LogP contribution in [0, 0.1) is 12.8 Å². The maximum Gasteiger partial charge on any atom is 0.272 e. The molecule has 1 aromatic heterocycles. The number of piperidine rings is 1. The van der Waals surface area contributed by atoms with Gasteiger partial charge in [-0.05, 0) is 31.9 Å². The standard InChI is InChI=1S/C19H25N3O3/c1-14-18(21(2)13-20-14)19(23)22-9-5-6-15(11-22)12-25-17-8-4-7-16(10-17)24-3/h4,7-8,10,13,15H,5-6,9,11-12H2,1-3H3/t15-/m1/s1. The van der Waals surface area contributed by atoms with Gasteiger partial charge in [0.2, 0.25) is 0 Å². The molecule has 2 aromatic rings. The molecule has 3 rings (SSSR count). The molecule has 0 aliphatic carbocycles. The molecular formula is C19H25N3O3. The summed E-state index contributed by atoms with van der Waals surface area (Å²) in [4.78, 5) is 19.0. The Morgan fingerprint density at radius 1 is 1.36 bits per heavy atom. The monoisotopic (exact) mass is 343 g/mol. The second-order valence-electron chi connectivity index (χ2n) is 6.54. The number of imidazole rings is 1. The first-order valence-electron chi connectivity index (χ1n) is 8.62. The van der Waals surface area contributed by atoms with Crippen molar-refractivity contribution >= 4 is 5.91 Å². The summed E-state index contributed by atoms with van der Waals surface area (Å²) in [7, 11) is 3.50. The van der Waals surface area contributed by atoms with Crippen LogP contribution in [0.15, 0.2) is 30.6 Å². The number of likely N-dealkylation sites (tertiary alicyclic amines) is 1. The zero-order valence-corrected chi connectivity index (χ0v) is 15.1. The second-order valence-corrected chi connectivity index (χ2v) is 6.54. The Bertz CT molecular complexity index is 722. The minimum atomic E-state index is 0.0589. The van der Waals surface area contributed by atoms with E-state index in [1.165, 1.54) is 0 Å². The molecule has 1 aliphatic rings. The first-order valence-corrected chi connectivity index (χ1v) is 8.62. The van der Waals surface area contributed by atoms with Gasteiger partial charge in [-0.3, -0.25) is 4.79 Å². The van der Waals surface area contributed by atoms with E-state index in [9.17, 15) is 4.79 Å². The summed E-state index contributed by atoms with van der Waals surface area (Å²) in [5.74, 6) is 1.97. The molecule has 0 unspecified atom stereocenters. The van der Waals surface area contributed by atoms with E-state index in [2.05, 4.69) is 4.98 Å². The number of methoxy groups -OCH3 is 1. The fraction of sp³-hybridized carbons (Fsp3) is 0.474. The van der Waals surface area contributed by atoms with E-state index >= 15 is 0 Å². The van der Waals surface area contributed by atoms with E-state index in [0.29, 0.717) is 24.8 Å². The largest absolute Gasteiger partial charge is 0.497 e. The molecule has 1 fully saturated rings. The zero-order chi connectivity index (χ0) is 17.8. The number of aromatic nitrogens is 2. The number of nitrogens with zero attached hydrogens (tertiary/aromatic N) is 3. The number of ether oxygens (including phenoxy) is 2. The van der Waals surface area contributed by atoms with E-state index in [4.69, 9.17) is 9.47 Å². The number of hydrogen-bond donors (Lipinski definition) is 0. The summed E-state index contributed by atoms with van der Waals surface area (Å²) in [5.41, 5.74) is 1.46.